The molecular formula is C12H13O3S. The number of esters is 1. The second kappa shape index (κ2) is 5.70. The second-order valence-corrected chi connectivity index (χ2v) is 4.60. The van der Waals surface area contributed by atoms with Gasteiger partial charge in [-0.15, -0.1) is 0 Å². The molecule has 16 heavy (non-hydrogen) atoms. The molecule has 0 fully saturated rings. The summed E-state index contributed by atoms with van der Waals surface area (Å²) >= 11 is 1.12. The van der Waals surface area contributed by atoms with Crippen molar-refractivity contribution in [2.45, 2.75) is 18.7 Å². The first kappa shape index (κ1) is 12.8. The summed E-state index contributed by atoms with van der Waals surface area (Å²) < 4.78 is 4.59. The van der Waals surface area contributed by atoms with Crippen molar-refractivity contribution in [1.29, 1.82) is 0 Å². The molecule has 1 aromatic carbocycles. The third-order valence-electron chi connectivity index (χ3n) is 1.87. The average molecular weight is 237 g/mol. The fourth-order valence-electron chi connectivity index (χ4n) is 0.979. The van der Waals surface area contributed by atoms with Crippen LogP contribution in [0.4, 0.5) is 0 Å². The van der Waals surface area contributed by atoms with E-state index in [1.165, 1.54) is 13.2 Å². The summed E-state index contributed by atoms with van der Waals surface area (Å²) in [5, 5.41) is 0.0652. The predicted octanol–water partition coefficient (Wildman–Crippen LogP) is 2.55. The fraction of sp³-hybridized carbons (Fsp3) is 0.333. The Labute approximate surface area is 99.2 Å². The van der Waals surface area contributed by atoms with Crippen LogP contribution in [0, 0.1) is 12.0 Å². The van der Waals surface area contributed by atoms with Crippen LogP contribution in [0.2, 0.25) is 0 Å². The lowest BCUT2D eigenvalue weighted by Crippen LogP contribution is -2.03. The van der Waals surface area contributed by atoms with Crippen LogP contribution in [0.15, 0.2) is 23.1 Å². The van der Waals surface area contributed by atoms with Crippen LogP contribution in [0.3, 0.4) is 0 Å². The first-order valence-electron chi connectivity index (χ1n) is 4.85. The van der Waals surface area contributed by atoms with Gasteiger partial charge in [0.1, 0.15) is 0 Å². The van der Waals surface area contributed by atoms with Crippen molar-refractivity contribution in [3.8, 4) is 0 Å². The largest absolute Gasteiger partial charge is 0.465 e. The number of carbonyl (C=O) groups excluding carboxylic acids is 2. The van der Waals surface area contributed by atoms with Gasteiger partial charge in [-0.2, -0.15) is 0 Å². The maximum atomic E-state index is 11.5. The van der Waals surface area contributed by atoms with Crippen molar-refractivity contribution in [3.05, 3.63) is 29.8 Å². The van der Waals surface area contributed by atoms with E-state index in [1.54, 1.807) is 12.1 Å². The number of thioether (sulfide) groups is 1. The highest BCUT2D eigenvalue weighted by Gasteiger charge is 2.11. The van der Waals surface area contributed by atoms with Crippen LogP contribution in [0.25, 0.3) is 0 Å². The zero-order chi connectivity index (χ0) is 12.1. The number of methoxy groups -OCH3 is 1. The smallest absolute Gasteiger partial charge is 0.337 e. The standard InChI is InChI=1S/C12H13O3S/c1-8(2)12(14)16-10-6-4-5-9(7-10)11(13)15-3/h5-8H,1-3H3. The molecule has 4 heteroatoms. The number of ether oxygens (including phenoxy) is 1. The maximum Gasteiger partial charge on any atom is 0.337 e. The molecule has 0 bridgehead atoms. The maximum absolute atomic E-state index is 11.5. The first-order valence-corrected chi connectivity index (χ1v) is 5.67. The third kappa shape index (κ3) is 3.38. The summed E-state index contributed by atoms with van der Waals surface area (Å²) in [6.45, 7) is 3.67. The van der Waals surface area contributed by atoms with Gasteiger partial charge in [0.15, 0.2) is 5.12 Å². The Kier molecular flexibility index (Phi) is 4.55. The van der Waals surface area contributed by atoms with Crippen molar-refractivity contribution in [2.75, 3.05) is 7.11 Å². The lowest BCUT2D eigenvalue weighted by Gasteiger charge is -2.04. The van der Waals surface area contributed by atoms with E-state index in [4.69, 9.17) is 0 Å². The van der Waals surface area contributed by atoms with Gasteiger partial charge < -0.3 is 4.74 Å². The topological polar surface area (TPSA) is 43.4 Å². The normalized spacial score (nSPS) is 10.2. The lowest BCUT2D eigenvalue weighted by molar-refractivity contribution is -0.113. The molecule has 3 nitrogen and oxygen atoms in total. The van der Waals surface area contributed by atoms with E-state index < -0.39 is 5.97 Å². The molecule has 1 aromatic rings. The zero-order valence-electron chi connectivity index (χ0n) is 9.44. The molecule has 85 valence electrons. The van der Waals surface area contributed by atoms with Crippen LogP contribution in [-0.4, -0.2) is 18.2 Å². The van der Waals surface area contributed by atoms with E-state index in [1.807, 2.05) is 13.8 Å². The minimum absolute atomic E-state index is 0.0354. The zero-order valence-corrected chi connectivity index (χ0v) is 10.3. The summed E-state index contributed by atoms with van der Waals surface area (Å²) in [5.41, 5.74) is 0.407. The SMILES string of the molecule is COC(=O)c1c[c]cc(SC(=O)C(C)C)c1. The Bertz CT molecular complexity index is 399. The summed E-state index contributed by atoms with van der Waals surface area (Å²) in [4.78, 5) is 23.5. The van der Waals surface area contributed by atoms with E-state index >= 15 is 0 Å². The van der Waals surface area contributed by atoms with E-state index in [-0.39, 0.29) is 11.0 Å². The van der Waals surface area contributed by atoms with E-state index in [9.17, 15) is 9.59 Å². The Balaban J connectivity index is 2.83. The highest BCUT2D eigenvalue weighted by molar-refractivity contribution is 8.13. The number of rotatable bonds is 3. The fourth-order valence-corrected chi connectivity index (χ4v) is 1.76. The molecule has 0 heterocycles. The van der Waals surface area contributed by atoms with Gasteiger partial charge in [-0.3, -0.25) is 4.79 Å². The summed E-state index contributed by atoms with van der Waals surface area (Å²) in [6, 6.07) is 7.66. The summed E-state index contributed by atoms with van der Waals surface area (Å²) in [6.07, 6.45) is 0. The van der Waals surface area contributed by atoms with Gasteiger partial charge in [0.25, 0.3) is 0 Å². The first-order chi connectivity index (χ1) is 7.54. The molecule has 0 aliphatic heterocycles. The van der Waals surface area contributed by atoms with Gasteiger partial charge in [-0.25, -0.2) is 4.79 Å². The van der Waals surface area contributed by atoms with E-state index in [0.29, 0.717) is 10.5 Å². The lowest BCUT2D eigenvalue weighted by atomic mass is 10.2. The van der Waals surface area contributed by atoms with Crippen molar-refractivity contribution >= 4 is 22.8 Å². The van der Waals surface area contributed by atoms with Gasteiger partial charge in [-0.05, 0) is 24.3 Å². The molecule has 0 unspecified atom stereocenters. The van der Waals surface area contributed by atoms with Gasteiger partial charge in [0.2, 0.25) is 0 Å². The number of benzene rings is 1. The quantitative estimate of drug-likeness (QED) is 0.598. The van der Waals surface area contributed by atoms with E-state index in [2.05, 4.69) is 10.8 Å². The monoisotopic (exact) mass is 237 g/mol. The molecule has 0 N–H and O–H groups in total. The molecule has 1 radical (unpaired) electrons. The molecule has 0 amide bonds. The van der Waals surface area contributed by atoms with Gasteiger partial charge in [-0.1, -0.05) is 25.6 Å². The Morgan fingerprint density at radius 1 is 1.38 bits per heavy atom. The minimum atomic E-state index is -0.421. The molecular weight excluding hydrogens is 224 g/mol. The molecule has 1 rings (SSSR count). The van der Waals surface area contributed by atoms with Crippen molar-refractivity contribution in [1.82, 2.24) is 0 Å². The van der Waals surface area contributed by atoms with Crippen LogP contribution in [0.5, 0.6) is 0 Å². The van der Waals surface area contributed by atoms with Gasteiger partial charge in [0.05, 0.1) is 12.7 Å². The molecule has 0 saturated carbocycles. The predicted molar refractivity (Wildman–Crippen MR) is 62.3 cm³/mol. The van der Waals surface area contributed by atoms with Crippen molar-refractivity contribution in [3.63, 3.8) is 0 Å². The Morgan fingerprint density at radius 3 is 2.62 bits per heavy atom. The summed E-state index contributed by atoms with van der Waals surface area (Å²) in [5.74, 6) is -0.456. The Morgan fingerprint density at radius 2 is 2.06 bits per heavy atom. The molecule has 0 aliphatic carbocycles. The second-order valence-electron chi connectivity index (χ2n) is 3.52. The molecule has 0 aliphatic rings. The molecule has 0 spiro atoms. The van der Waals surface area contributed by atoms with Crippen molar-refractivity contribution in [2.24, 2.45) is 5.92 Å². The van der Waals surface area contributed by atoms with Gasteiger partial charge in [0, 0.05) is 10.8 Å². The van der Waals surface area contributed by atoms with Crippen LogP contribution >= 0.6 is 11.8 Å². The minimum Gasteiger partial charge on any atom is -0.465 e. The van der Waals surface area contributed by atoms with Crippen LogP contribution in [-0.2, 0) is 9.53 Å². The van der Waals surface area contributed by atoms with Crippen molar-refractivity contribution < 1.29 is 14.3 Å². The van der Waals surface area contributed by atoms with E-state index in [0.717, 1.165) is 11.8 Å². The molecule has 0 aromatic heterocycles. The van der Waals surface area contributed by atoms with Gasteiger partial charge >= 0.3 is 5.97 Å². The van der Waals surface area contributed by atoms with Crippen LogP contribution < -0.4 is 0 Å². The number of hydrogen-bond donors (Lipinski definition) is 0. The molecule has 0 saturated heterocycles. The molecule has 0 atom stereocenters. The number of hydrogen-bond acceptors (Lipinski definition) is 4. The highest BCUT2D eigenvalue weighted by atomic mass is 32.2. The van der Waals surface area contributed by atoms with Crippen LogP contribution in [0.1, 0.15) is 24.2 Å². The summed E-state index contributed by atoms with van der Waals surface area (Å²) in [7, 11) is 1.32. The Hall–Kier alpha value is -1.29. The third-order valence-corrected chi connectivity index (χ3v) is 3.02. The highest BCUT2D eigenvalue weighted by Crippen LogP contribution is 2.23. The average Bonchev–Trinajstić information content (AvgIpc) is 2.28. The number of carbonyl (C=O) groups is 2.